The first kappa shape index (κ1) is 48.2. The van der Waals surface area contributed by atoms with Crippen molar-refractivity contribution in [3.05, 3.63) is 71.5 Å². The molecule has 1 aliphatic carbocycles. The monoisotopic (exact) mass is 927 g/mol. The van der Waals surface area contributed by atoms with Gasteiger partial charge in [0.1, 0.15) is 17.8 Å². The van der Waals surface area contributed by atoms with Crippen LogP contribution in [-0.4, -0.2) is 118 Å². The first-order valence-corrected chi connectivity index (χ1v) is 23.9. The number of terminal acetylenes is 1. The molecule has 360 valence electrons. The Kier molecular flexibility index (Phi) is 13.5. The van der Waals surface area contributed by atoms with Crippen LogP contribution < -0.4 is 10.7 Å². The molecule has 5 heterocycles. The number of aryl methyl sites for hydroxylation is 1. The molecule has 0 radical (unpaired) electrons. The molecule has 2 aromatic carbocycles. The Morgan fingerprint density at radius 1 is 1.07 bits per heavy atom. The number of hydrogen-bond acceptors (Lipinski definition) is 10. The van der Waals surface area contributed by atoms with E-state index in [-0.39, 0.29) is 49.2 Å². The van der Waals surface area contributed by atoms with Crippen LogP contribution in [0.1, 0.15) is 90.0 Å². The second-order valence-electron chi connectivity index (χ2n) is 20.4. The molecular weight excluding hydrogens is 863 g/mol. The summed E-state index contributed by atoms with van der Waals surface area (Å²) in [4.78, 5) is 77.0. The number of aromatic nitrogens is 2. The van der Waals surface area contributed by atoms with E-state index in [2.05, 4.69) is 59.1 Å². The number of hydrogen-bond donors (Lipinski definition) is 3. The Bertz CT molecular complexity index is 2690. The zero-order valence-electron chi connectivity index (χ0n) is 40.6. The number of amides is 4. The van der Waals surface area contributed by atoms with E-state index in [9.17, 15) is 24.3 Å². The molecule has 2 unspecified atom stereocenters. The van der Waals surface area contributed by atoms with Crippen LogP contribution in [0.3, 0.4) is 0 Å². The van der Waals surface area contributed by atoms with Crippen LogP contribution >= 0.6 is 0 Å². The fraction of sp³-hybridized carbons (Fsp3) is 0.509. The van der Waals surface area contributed by atoms with Crippen LogP contribution in [-0.2, 0) is 52.8 Å². The van der Waals surface area contributed by atoms with Gasteiger partial charge in [-0.15, -0.1) is 6.42 Å². The lowest BCUT2D eigenvalue weighted by atomic mass is 9.83. The number of ether oxygens (including phenoxy) is 2. The van der Waals surface area contributed by atoms with Gasteiger partial charge in [-0.1, -0.05) is 39.8 Å². The van der Waals surface area contributed by atoms with E-state index < -0.39 is 52.7 Å². The molecule has 3 aliphatic heterocycles. The van der Waals surface area contributed by atoms with Gasteiger partial charge in [0.2, 0.25) is 17.7 Å². The van der Waals surface area contributed by atoms with Crippen molar-refractivity contribution in [3.63, 3.8) is 0 Å². The number of likely N-dealkylation sites (N-methyl/N-ethyl adjacent to an activating group) is 1. The van der Waals surface area contributed by atoms with Crippen molar-refractivity contribution in [1.82, 2.24) is 35.1 Å². The Balaban J connectivity index is 1.18. The van der Waals surface area contributed by atoms with E-state index in [1.165, 1.54) is 14.8 Å². The molecule has 68 heavy (non-hydrogen) atoms. The highest BCUT2D eigenvalue weighted by Crippen LogP contribution is 2.51. The number of nitrogens with one attached hydrogen (secondary N) is 2. The average molecular weight is 928 g/mol. The second kappa shape index (κ2) is 19.0. The van der Waals surface area contributed by atoms with Crippen molar-refractivity contribution < 1.29 is 38.6 Å². The van der Waals surface area contributed by atoms with Crippen molar-refractivity contribution in [1.29, 1.82) is 0 Å². The summed E-state index contributed by atoms with van der Waals surface area (Å²) in [6, 6.07) is 11.4. The molecule has 6 atom stereocenters. The molecule has 1 saturated carbocycles. The molecule has 15 heteroatoms. The summed E-state index contributed by atoms with van der Waals surface area (Å²) >= 11 is 0. The summed E-state index contributed by atoms with van der Waals surface area (Å²) in [5.41, 5.74) is 8.90. The maximum atomic E-state index is 15.0. The molecule has 8 rings (SSSR count). The highest BCUT2D eigenvalue weighted by molar-refractivity contribution is 5.97. The number of carbonyl (C=O) groups is 5. The number of methoxy groups -OCH3 is 1. The quantitative estimate of drug-likeness (QED) is 0.137. The molecule has 1 spiro atoms. The number of carbonyl (C=O) groups excluding carboxylic acids is 5. The Labute approximate surface area is 398 Å². The lowest BCUT2D eigenvalue weighted by Gasteiger charge is -2.36. The van der Waals surface area contributed by atoms with Gasteiger partial charge >= 0.3 is 5.97 Å². The SMILES string of the molecule is C#CC(=O)N1CC[C@H](C(=O)N(C)[C@H](C(=O)NC2CC23Cc2cc(O)cc(c2)-c2ccc4c(c2)c(c(-c2cnccc2[C@H](C)OC)n4CC)CC(C)(C)COC(=O)[C@@H]2CCCN(N2)C3=O)C(C)C)C1. The zero-order chi connectivity index (χ0) is 48.8. The standard InChI is InChI=1S/C53H65N7O8/c1-10-45(62)58-20-17-35(29-58)49(64)57(8)46(31(3)4)48(63)55-44-27-53(44)25-33-21-36(23-37(61)22-33)34-14-15-43-39(24-34)40(47(59(43)11-2)41-28-54-18-16-38(41)32(5)67-9)26-52(6,7)30-68-50(65)42-13-12-19-60(56-42)51(53)66/h1,14-16,18,21-24,28,31-32,35,42,44,46,56,61H,11-13,17,19-20,25-27,29-30H2,2-9H3,(H,55,63)/t32-,35-,42-,44?,46-,53?/m0/s1. The predicted molar refractivity (Wildman–Crippen MR) is 257 cm³/mol. The normalized spacial score (nSPS) is 23.4. The summed E-state index contributed by atoms with van der Waals surface area (Å²) in [6.07, 6.45) is 11.3. The van der Waals surface area contributed by atoms with E-state index in [0.29, 0.717) is 57.3 Å². The molecule has 15 nitrogen and oxygen atoms in total. The molecule has 2 aromatic heterocycles. The fourth-order valence-corrected chi connectivity index (χ4v) is 10.9. The summed E-state index contributed by atoms with van der Waals surface area (Å²) < 4.78 is 14.3. The van der Waals surface area contributed by atoms with Gasteiger partial charge in [-0.25, -0.2) is 5.43 Å². The number of fused-ring (bicyclic) bond motifs is 6. The number of likely N-dealkylation sites (tertiary alicyclic amines) is 1. The average Bonchev–Trinajstić information content (AvgIpc) is 3.62. The van der Waals surface area contributed by atoms with Crippen molar-refractivity contribution in [2.45, 2.75) is 111 Å². The zero-order valence-corrected chi connectivity index (χ0v) is 40.6. The lowest BCUT2D eigenvalue weighted by Crippen LogP contribution is -2.58. The van der Waals surface area contributed by atoms with Gasteiger partial charge in [0.25, 0.3) is 5.91 Å². The van der Waals surface area contributed by atoms with Crippen LogP contribution in [0.15, 0.2) is 54.9 Å². The molecule has 4 aliphatic rings. The van der Waals surface area contributed by atoms with Gasteiger partial charge in [0, 0.05) is 80.7 Å². The largest absolute Gasteiger partial charge is 0.508 e. The molecule has 4 aromatic rings. The van der Waals surface area contributed by atoms with Gasteiger partial charge in [-0.05, 0) is 122 Å². The molecule has 6 bridgehead atoms. The number of phenols is 1. The molecule has 3 N–H and O–H groups in total. The minimum Gasteiger partial charge on any atom is -0.508 e. The van der Waals surface area contributed by atoms with Crippen molar-refractivity contribution in [2.24, 2.45) is 22.7 Å². The van der Waals surface area contributed by atoms with Crippen molar-refractivity contribution in [3.8, 4) is 40.5 Å². The first-order valence-electron chi connectivity index (χ1n) is 23.9. The van der Waals surface area contributed by atoms with Crippen molar-refractivity contribution in [2.75, 3.05) is 40.4 Å². The summed E-state index contributed by atoms with van der Waals surface area (Å²) in [7, 11) is 3.30. The number of phenolic OH excluding ortho intramolecular Hbond substituents is 1. The molecule has 3 fully saturated rings. The summed E-state index contributed by atoms with van der Waals surface area (Å²) in [6.45, 7) is 13.7. The highest BCUT2D eigenvalue weighted by atomic mass is 16.5. The molecule has 2 saturated heterocycles. The third-order valence-corrected chi connectivity index (χ3v) is 14.6. The Hall–Kier alpha value is -6.24. The number of hydrazine groups is 1. The van der Waals surface area contributed by atoms with Crippen LogP contribution in [0.4, 0.5) is 0 Å². The number of aromatic hydroxyl groups is 1. The van der Waals surface area contributed by atoms with Gasteiger partial charge in [0.05, 0.1) is 29.7 Å². The van der Waals surface area contributed by atoms with Crippen LogP contribution in [0.5, 0.6) is 5.75 Å². The number of pyridine rings is 1. The van der Waals surface area contributed by atoms with Crippen LogP contribution in [0.2, 0.25) is 0 Å². The van der Waals surface area contributed by atoms with Crippen LogP contribution in [0.25, 0.3) is 33.3 Å². The Morgan fingerprint density at radius 3 is 2.57 bits per heavy atom. The third kappa shape index (κ3) is 9.20. The minimum absolute atomic E-state index is 0.0332. The van der Waals surface area contributed by atoms with Gasteiger partial charge in [-0.3, -0.25) is 34.0 Å². The van der Waals surface area contributed by atoms with Crippen LogP contribution in [0, 0.1) is 35.0 Å². The minimum atomic E-state index is -1.15. The van der Waals surface area contributed by atoms with E-state index in [1.807, 2.05) is 45.2 Å². The number of nitrogens with zero attached hydrogens (tertiary/aromatic N) is 5. The maximum Gasteiger partial charge on any atom is 0.324 e. The molecule has 4 amide bonds. The van der Waals surface area contributed by atoms with Crippen molar-refractivity contribution >= 4 is 40.5 Å². The topological polar surface area (TPSA) is 176 Å². The predicted octanol–water partition coefficient (Wildman–Crippen LogP) is 5.81. The lowest BCUT2D eigenvalue weighted by molar-refractivity contribution is -0.156. The number of cyclic esters (lactones) is 1. The van der Waals surface area contributed by atoms with Gasteiger partial charge in [0.15, 0.2) is 0 Å². The second-order valence-corrected chi connectivity index (χ2v) is 20.4. The fourth-order valence-electron chi connectivity index (χ4n) is 10.9. The van der Waals surface area contributed by atoms with E-state index in [0.717, 1.165) is 44.4 Å². The Morgan fingerprint density at radius 2 is 1.85 bits per heavy atom. The van der Waals surface area contributed by atoms with E-state index >= 15 is 4.79 Å². The van der Waals surface area contributed by atoms with Gasteiger partial charge in [-0.2, -0.15) is 0 Å². The number of rotatable bonds is 9. The maximum absolute atomic E-state index is 15.0. The van der Waals surface area contributed by atoms with Gasteiger partial charge < -0.3 is 34.3 Å². The highest BCUT2D eigenvalue weighted by Gasteiger charge is 2.62. The molecular formula is C53H65N7O8. The number of benzene rings is 2. The van der Waals surface area contributed by atoms with E-state index in [1.54, 1.807) is 32.5 Å². The summed E-state index contributed by atoms with van der Waals surface area (Å²) in [5.74, 6) is -0.498. The first-order chi connectivity index (χ1) is 32.4. The third-order valence-electron chi connectivity index (χ3n) is 14.6. The van der Waals surface area contributed by atoms with E-state index in [4.69, 9.17) is 15.9 Å². The summed E-state index contributed by atoms with van der Waals surface area (Å²) in [5, 5.41) is 17.1. The number of esters is 1. The smallest absolute Gasteiger partial charge is 0.324 e.